The Morgan fingerprint density at radius 3 is 2.84 bits per heavy atom. The van der Waals surface area contributed by atoms with Crippen LogP contribution in [-0.2, 0) is 11.3 Å². The second-order valence-corrected chi connectivity index (χ2v) is 7.19. The molecule has 0 spiro atoms. The summed E-state index contributed by atoms with van der Waals surface area (Å²) in [6, 6.07) is 17.1. The maximum Gasteiger partial charge on any atom is 0.341 e. The molecule has 156 valence electrons. The Kier molecular flexibility index (Phi) is 6.11. The number of hydrogen-bond donors (Lipinski definition) is 0. The lowest BCUT2D eigenvalue weighted by atomic mass is 10.1. The minimum atomic E-state index is -0.362. The summed E-state index contributed by atoms with van der Waals surface area (Å²) < 4.78 is 12.9. The van der Waals surface area contributed by atoms with Gasteiger partial charge in [0.25, 0.3) is 0 Å². The highest BCUT2D eigenvalue weighted by atomic mass is 16.5. The first kappa shape index (κ1) is 20.4. The van der Waals surface area contributed by atoms with E-state index < -0.39 is 0 Å². The first-order valence-electron chi connectivity index (χ1n) is 9.94. The number of carbonyl (C=O) groups excluding carboxylic acids is 1. The summed E-state index contributed by atoms with van der Waals surface area (Å²) in [5, 5.41) is 9.56. The fourth-order valence-corrected chi connectivity index (χ4v) is 3.58. The van der Waals surface area contributed by atoms with Gasteiger partial charge in [-0.25, -0.2) is 4.79 Å². The van der Waals surface area contributed by atoms with Crippen LogP contribution in [0.5, 0.6) is 5.75 Å². The topological polar surface area (TPSA) is 79.9 Å². The molecule has 0 aliphatic heterocycles. The summed E-state index contributed by atoms with van der Waals surface area (Å²) >= 11 is 0. The first-order chi connectivity index (χ1) is 15.2. The number of aromatic nitrogens is 2. The lowest BCUT2D eigenvalue weighted by Gasteiger charge is -2.16. The lowest BCUT2D eigenvalue weighted by molar-refractivity contribution is 0.0475. The van der Waals surface area contributed by atoms with Crippen molar-refractivity contribution in [1.29, 1.82) is 5.26 Å². The molecule has 0 saturated carbocycles. The van der Waals surface area contributed by atoms with E-state index >= 15 is 0 Å². The third-order valence-corrected chi connectivity index (χ3v) is 5.00. The number of nitriles is 1. The summed E-state index contributed by atoms with van der Waals surface area (Å²) in [4.78, 5) is 19.2. The molecule has 7 nitrogen and oxygen atoms in total. The summed E-state index contributed by atoms with van der Waals surface area (Å²) in [5.74, 6) is 0.200. The van der Waals surface area contributed by atoms with E-state index in [9.17, 15) is 4.79 Å². The SMILES string of the molecule is CN(CCOC(=O)c1c2ccccc2n2cc(OCC#N)ccc12)Cc1cccnc1. The molecule has 0 saturated heterocycles. The molecule has 0 aliphatic carbocycles. The van der Waals surface area contributed by atoms with Crippen molar-refractivity contribution in [2.75, 3.05) is 26.8 Å². The summed E-state index contributed by atoms with van der Waals surface area (Å²) in [7, 11) is 1.98. The van der Waals surface area contributed by atoms with E-state index in [1.54, 1.807) is 18.5 Å². The van der Waals surface area contributed by atoms with Crippen molar-refractivity contribution in [2.45, 2.75) is 6.54 Å². The number of fused-ring (bicyclic) bond motifs is 3. The lowest BCUT2D eigenvalue weighted by Crippen LogP contribution is -2.24. The number of carbonyl (C=O) groups is 1. The third-order valence-electron chi connectivity index (χ3n) is 5.00. The van der Waals surface area contributed by atoms with E-state index in [0.29, 0.717) is 17.9 Å². The van der Waals surface area contributed by atoms with Gasteiger partial charge in [-0.1, -0.05) is 24.3 Å². The van der Waals surface area contributed by atoms with Crippen LogP contribution in [0, 0.1) is 11.3 Å². The predicted octanol–water partition coefficient (Wildman–Crippen LogP) is 3.68. The normalized spacial score (nSPS) is 11.0. The van der Waals surface area contributed by atoms with Crippen LogP contribution in [0.4, 0.5) is 0 Å². The van der Waals surface area contributed by atoms with Gasteiger partial charge in [0.05, 0.1) is 22.8 Å². The highest BCUT2D eigenvalue weighted by Crippen LogP contribution is 2.29. The molecule has 0 amide bonds. The largest absolute Gasteiger partial charge is 0.477 e. The third kappa shape index (κ3) is 4.49. The van der Waals surface area contributed by atoms with E-state index in [4.69, 9.17) is 14.7 Å². The molecular weight excluding hydrogens is 392 g/mol. The van der Waals surface area contributed by atoms with Gasteiger partial charge in [0.1, 0.15) is 18.4 Å². The molecule has 3 heterocycles. The van der Waals surface area contributed by atoms with Gasteiger partial charge in [-0.05, 0) is 36.9 Å². The maximum atomic E-state index is 13.0. The summed E-state index contributed by atoms with van der Waals surface area (Å²) in [6.07, 6.45) is 5.36. The Labute approximate surface area is 180 Å². The fourth-order valence-electron chi connectivity index (χ4n) is 3.58. The zero-order valence-corrected chi connectivity index (χ0v) is 17.2. The second kappa shape index (κ2) is 9.28. The molecule has 4 rings (SSSR count). The van der Waals surface area contributed by atoms with Gasteiger partial charge < -0.3 is 13.9 Å². The van der Waals surface area contributed by atoms with Crippen molar-refractivity contribution in [3.63, 3.8) is 0 Å². The van der Waals surface area contributed by atoms with Crippen LogP contribution >= 0.6 is 0 Å². The van der Waals surface area contributed by atoms with Crippen LogP contribution in [0.2, 0.25) is 0 Å². The van der Waals surface area contributed by atoms with Crippen LogP contribution in [0.15, 0.2) is 67.1 Å². The van der Waals surface area contributed by atoms with E-state index in [1.807, 2.05) is 66.2 Å². The van der Waals surface area contributed by atoms with Gasteiger partial charge in [-0.2, -0.15) is 5.26 Å². The number of likely N-dealkylation sites (N-methyl/N-ethyl adjacent to an activating group) is 1. The van der Waals surface area contributed by atoms with Crippen molar-refractivity contribution >= 4 is 22.4 Å². The number of rotatable bonds is 8. The van der Waals surface area contributed by atoms with Crippen LogP contribution in [-0.4, -0.2) is 47.1 Å². The quantitative estimate of drug-likeness (QED) is 0.409. The number of ether oxygens (including phenoxy) is 2. The van der Waals surface area contributed by atoms with E-state index in [0.717, 1.165) is 28.5 Å². The monoisotopic (exact) mass is 414 g/mol. The molecule has 4 aromatic rings. The molecule has 0 N–H and O–H groups in total. The standard InChI is InChI=1S/C24H22N4O3/c1-27(16-18-5-4-11-26-15-18)12-14-31-24(29)23-20-6-2-3-7-21(20)28-17-19(30-13-10-25)8-9-22(23)28/h2-9,11,15,17H,12-14,16H2,1H3. The van der Waals surface area contributed by atoms with E-state index in [2.05, 4.69) is 9.88 Å². The molecule has 1 aromatic carbocycles. The molecule has 7 heteroatoms. The van der Waals surface area contributed by atoms with E-state index in [1.165, 1.54) is 0 Å². The van der Waals surface area contributed by atoms with Gasteiger partial charge in [0, 0.05) is 30.9 Å². The minimum absolute atomic E-state index is 0.0355. The first-order valence-corrected chi connectivity index (χ1v) is 9.94. The van der Waals surface area contributed by atoms with Crippen LogP contribution < -0.4 is 4.74 Å². The second-order valence-electron chi connectivity index (χ2n) is 7.19. The fraction of sp³-hybridized carbons (Fsp3) is 0.208. The van der Waals surface area contributed by atoms with Crippen molar-refractivity contribution in [3.8, 4) is 11.8 Å². The van der Waals surface area contributed by atoms with Crippen LogP contribution in [0.25, 0.3) is 16.4 Å². The van der Waals surface area contributed by atoms with Gasteiger partial charge in [-0.15, -0.1) is 0 Å². The highest BCUT2D eigenvalue weighted by Gasteiger charge is 2.20. The van der Waals surface area contributed by atoms with Gasteiger partial charge in [-0.3, -0.25) is 9.88 Å². The number of nitrogens with zero attached hydrogens (tertiary/aromatic N) is 4. The van der Waals surface area contributed by atoms with E-state index in [-0.39, 0.29) is 19.2 Å². The Hall–Kier alpha value is -3.89. The van der Waals surface area contributed by atoms with Crippen LogP contribution in [0.1, 0.15) is 15.9 Å². The van der Waals surface area contributed by atoms with Gasteiger partial charge >= 0.3 is 5.97 Å². The minimum Gasteiger partial charge on any atom is -0.477 e. The summed E-state index contributed by atoms with van der Waals surface area (Å²) in [5.41, 5.74) is 3.24. The average Bonchev–Trinajstić information content (AvgIpc) is 3.12. The molecule has 0 fully saturated rings. The predicted molar refractivity (Wildman–Crippen MR) is 117 cm³/mol. The molecule has 0 unspecified atom stereocenters. The average molecular weight is 414 g/mol. The highest BCUT2D eigenvalue weighted by molar-refractivity contribution is 6.11. The molecular formula is C24H22N4O3. The molecule has 0 radical (unpaired) electrons. The van der Waals surface area contributed by atoms with Gasteiger partial charge in [0.2, 0.25) is 0 Å². The van der Waals surface area contributed by atoms with Gasteiger partial charge in [0.15, 0.2) is 6.61 Å². The Balaban J connectivity index is 1.51. The maximum absolute atomic E-state index is 13.0. The smallest absolute Gasteiger partial charge is 0.341 e. The Bertz CT molecular complexity index is 1240. The van der Waals surface area contributed by atoms with Crippen molar-refractivity contribution < 1.29 is 14.3 Å². The molecule has 0 bridgehead atoms. The van der Waals surface area contributed by atoms with Crippen molar-refractivity contribution in [1.82, 2.24) is 14.3 Å². The Morgan fingerprint density at radius 1 is 1.16 bits per heavy atom. The molecule has 31 heavy (non-hydrogen) atoms. The number of para-hydroxylation sites is 1. The van der Waals surface area contributed by atoms with Crippen molar-refractivity contribution in [3.05, 3.63) is 78.2 Å². The number of esters is 1. The number of benzene rings is 1. The zero-order chi connectivity index (χ0) is 21.6. The molecule has 3 aromatic heterocycles. The molecule has 0 aliphatic rings. The van der Waals surface area contributed by atoms with Crippen LogP contribution in [0.3, 0.4) is 0 Å². The number of pyridine rings is 2. The Morgan fingerprint density at radius 2 is 2.03 bits per heavy atom. The zero-order valence-electron chi connectivity index (χ0n) is 17.2. The molecule has 0 atom stereocenters. The van der Waals surface area contributed by atoms with Crippen molar-refractivity contribution in [2.24, 2.45) is 0 Å². The summed E-state index contributed by atoms with van der Waals surface area (Å²) in [6.45, 7) is 1.59. The number of hydrogen-bond acceptors (Lipinski definition) is 6.